The third-order valence-corrected chi connectivity index (χ3v) is 3.97. The molecule has 5 nitrogen and oxygen atoms in total. The van der Waals surface area contributed by atoms with E-state index in [1.165, 1.54) is 0 Å². The van der Waals surface area contributed by atoms with Gasteiger partial charge < -0.3 is 10.3 Å². The molecule has 0 spiro atoms. The van der Waals surface area contributed by atoms with Crippen LogP contribution in [0, 0.1) is 0 Å². The van der Waals surface area contributed by atoms with Crippen LogP contribution in [0.3, 0.4) is 0 Å². The molecule has 1 aromatic heterocycles. The van der Waals surface area contributed by atoms with Crippen LogP contribution < -0.4 is 16.2 Å². The molecule has 0 aliphatic carbocycles. The Balaban J connectivity index is 2.35. The molecule has 2 atom stereocenters. The molecule has 118 valence electrons. The van der Waals surface area contributed by atoms with E-state index in [0.29, 0.717) is 18.9 Å². The van der Waals surface area contributed by atoms with Gasteiger partial charge in [-0.25, -0.2) is 10.8 Å². The number of rotatable bonds is 2. The topological polar surface area (TPSA) is 57.4 Å². The first-order valence-corrected chi connectivity index (χ1v) is 6.75. The van der Waals surface area contributed by atoms with Gasteiger partial charge in [-0.2, -0.15) is 13.2 Å². The highest BCUT2D eigenvalue weighted by Crippen LogP contribution is 2.33. The number of hydrogen-bond donors (Lipinski definition) is 2. The van der Waals surface area contributed by atoms with Crippen LogP contribution >= 0.6 is 0 Å². The van der Waals surface area contributed by atoms with Crippen LogP contribution in [0.2, 0.25) is 0 Å². The van der Waals surface area contributed by atoms with Gasteiger partial charge in [0.05, 0.1) is 5.56 Å². The number of nitrogens with zero attached hydrogens (tertiary/aromatic N) is 3. The molecule has 0 bridgehead atoms. The summed E-state index contributed by atoms with van der Waals surface area (Å²) in [6.07, 6.45) is -4.42. The summed E-state index contributed by atoms with van der Waals surface area (Å²) in [5, 5.41) is 0. The summed E-state index contributed by atoms with van der Waals surface area (Å²) >= 11 is 0. The van der Waals surface area contributed by atoms with Crippen molar-refractivity contribution in [3.63, 3.8) is 0 Å². The highest BCUT2D eigenvalue weighted by Gasteiger charge is 2.33. The molecule has 2 heterocycles. The fourth-order valence-electron chi connectivity index (χ4n) is 2.51. The second-order valence-electron chi connectivity index (χ2n) is 5.51. The van der Waals surface area contributed by atoms with Crippen molar-refractivity contribution in [1.82, 2.24) is 9.88 Å². The van der Waals surface area contributed by atoms with Gasteiger partial charge in [0.2, 0.25) is 0 Å². The van der Waals surface area contributed by atoms with Crippen molar-refractivity contribution < 1.29 is 13.2 Å². The molecule has 0 radical (unpaired) electrons. The molecule has 1 aliphatic rings. The molecule has 1 saturated heterocycles. The number of hydrogen-bond acceptors (Lipinski definition) is 5. The number of alkyl halides is 3. The first kappa shape index (κ1) is 15.8. The minimum atomic E-state index is -4.42. The first-order valence-electron chi connectivity index (χ1n) is 6.75. The summed E-state index contributed by atoms with van der Waals surface area (Å²) in [4.78, 5) is 8.22. The van der Waals surface area contributed by atoms with Gasteiger partial charge in [-0.05, 0) is 33.0 Å². The lowest BCUT2D eigenvalue weighted by Crippen LogP contribution is -2.55. The van der Waals surface area contributed by atoms with Crippen LogP contribution in [-0.4, -0.2) is 42.1 Å². The van der Waals surface area contributed by atoms with Crippen molar-refractivity contribution in [2.45, 2.75) is 32.1 Å². The quantitative estimate of drug-likeness (QED) is 0.646. The number of halogens is 3. The van der Waals surface area contributed by atoms with Crippen molar-refractivity contribution >= 4 is 11.6 Å². The predicted octanol–water partition coefficient (Wildman–Crippen LogP) is 1.91. The van der Waals surface area contributed by atoms with E-state index in [1.807, 2.05) is 25.8 Å². The number of hydrazine groups is 1. The molecule has 2 rings (SSSR count). The van der Waals surface area contributed by atoms with Gasteiger partial charge in [0.25, 0.3) is 0 Å². The Morgan fingerprint density at radius 3 is 2.29 bits per heavy atom. The molecule has 21 heavy (non-hydrogen) atoms. The van der Waals surface area contributed by atoms with E-state index in [4.69, 9.17) is 5.84 Å². The minimum absolute atomic E-state index is 0.0130. The zero-order chi connectivity index (χ0) is 15.8. The van der Waals surface area contributed by atoms with Crippen molar-refractivity contribution in [3.8, 4) is 0 Å². The lowest BCUT2D eigenvalue weighted by molar-refractivity contribution is -0.137. The summed E-state index contributed by atoms with van der Waals surface area (Å²) in [5.74, 6) is 5.54. The van der Waals surface area contributed by atoms with E-state index in [0.717, 1.165) is 12.1 Å². The molecule has 3 N–H and O–H groups in total. The molecular formula is C13H20F3N5. The fourth-order valence-corrected chi connectivity index (χ4v) is 2.51. The van der Waals surface area contributed by atoms with Gasteiger partial charge in [-0.15, -0.1) is 0 Å². The van der Waals surface area contributed by atoms with Crippen LogP contribution in [0.25, 0.3) is 0 Å². The predicted molar refractivity (Wildman–Crippen MR) is 75.9 cm³/mol. The zero-order valence-corrected chi connectivity index (χ0v) is 12.3. The molecule has 8 heteroatoms. The van der Waals surface area contributed by atoms with Gasteiger partial charge in [-0.1, -0.05) is 0 Å². The summed E-state index contributed by atoms with van der Waals surface area (Å²) in [6.45, 7) is 5.33. The molecular weight excluding hydrogens is 283 g/mol. The van der Waals surface area contributed by atoms with E-state index < -0.39 is 11.7 Å². The van der Waals surface area contributed by atoms with E-state index in [-0.39, 0.29) is 17.9 Å². The summed E-state index contributed by atoms with van der Waals surface area (Å²) < 4.78 is 38.8. The third-order valence-electron chi connectivity index (χ3n) is 3.97. The van der Waals surface area contributed by atoms with E-state index >= 15 is 0 Å². The molecule has 0 aromatic carbocycles. The first-order chi connectivity index (χ1) is 9.72. The largest absolute Gasteiger partial charge is 0.416 e. The van der Waals surface area contributed by atoms with Gasteiger partial charge in [0, 0.05) is 25.2 Å². The number of aromatic nitrogens is 1. The zero-order valence-electron chi connectivity index (χ0n) is 12.3. The monoisotopic (exact) mass is 303 g/mol. The number of nitrogen functional groups attached to an aromatic ring is 1. The number of piperazine rings is 1. The molecule has 1 aliphatic heterocycles. The maximum atomic E-state index is 12.9. The van der Waals surface area contributed by atoms with Crippen molar-refractivity contribution in [3.05, 3.63) is 17.7 Å². The highest BCUT2D eigenvalue weighted by atomic mass is 19.4. The average molecular weight is 303 g/mol. The number of pyridine rings is 1. The van der Waals surface area contributed by atoms with Crippen molar-refractivity contribution in [2.75, 3.05) is 30.5 Å². The van der Waals surface area contributed by atoms with Crippen molar-refractivity contribution in [1.29, 1.82) is 0 Å². The second kappa shape index (κ2) is 5.69. The maximum Gasteiger partial charge on any atom is 0.416 e. The van der Waals surface area contributed by atoms with E-state index in [1.54, 1.807) is 0 Å². The van der Waals surface area contributed by atoms with Gasteiger partial charge >= 0.3 is 6.18 Å². The van der Waals surface area contributed by atoms with E-state index in [2.05, 4.69) is 15.3 Å². The molecule has 1 aromatic rings. The fraction of sp³-hybridized carbons (Fsp3) is 0.615. The average Bonchev–Trinajstić information content (AvgIpc) is 2.42. The number of anilines is 2. The Morgan fingerprint density at radius 2 is 1.81 bits per heavy atom. The van der Waals surface area contributed by atoms with Crippen LogP contribution in [0.15, 0.2) is 12.1 Å². The maximum absolute atomic E-state index is 12.9. The van der Waals surface area contributed by atoms with Crippen LogP contribution in [0.1, 0.15) is 19.4 Å². The molecule has 0 amide bonds. The SMILES string of the molecule is CC1CN(c2cc(C(F)(F)F)cc(NN)n2)CC(C)N1C. The molecule has 1 fully saturated rings. The Kier molecular flexibility index (Phi) is 4.29. The lowest BCUT2D eigenvalue weighted by Gasteiger charge is -2.43. The lowest BCUT2D eigenvalue weighted by atomic mass is 10.1. The number of nitrogens with one attached hydrogen (secondary N) is 1. The summed E-state index contributed by atoms with van der Waals surface area (Å²) in [7, 11) is 2.01. The van der Waals surface area contributed by atoms with Crippen molar-refractivity contribution in [2.24, 2.45) is 5.84 Å². The Bertz CT molecular complexity index is 493. The van der Waals surface area contributed by atoms with Crippen LogP contribution in [0.5, 0.6) is 0 Å². The number of likely N-dealkylation sites (N-methyl/N-ethyl adjacent to an activating group) is 1. The summed E-state index contributed by atoms with van der Waals surface area (Å²) in [5.41, 5.74) is 1.45. The standard InChI is InChI=1S/C13H20F3N5/c1-8-6-21(7-9(2)20(8)3)12-5-10(13(14,15)16)4-11(18-12)19-17/h4-5,8-9H,6-7,17H2,1-3H3,(H,18,19). The second-order valence-corrected chi connectivity index (χ2v) is 5.51. The van der Waals surface area contributed by atoms with E-state index in [9.17, 15) is 13.2 Å². The van der Waals surface area contributed by atoms with Crippen LogP contribution in [-0.2, 0) is 6.18 Å². The highest BCUT2D eigenvalue weighted by molar-refractivity contribution is 5.51. The third kappa shape index (κ3) is 3.38. The van der Waals surface area contributed by atoms with Gasteiger partial charge in [0.15, 0.2) is 0 Å². The smallest absolute Gasteiger partial charge is 0.353 e. The summed E-state index contributed by atoms with van der Waals surface area (Å²) in [6, 6.07) is 2.46. The normalized spacial score (nSPS) is 24.2. The van der Waals surface area contributed by atoms with Crippen LogP contribution in [0.4, 0.5) is 24.8 Å². The Morgan fingerprint density at radius 1 is 1.24 bits per heavy atom. The Hall–Kier alpha value is -1.54. The van der Waals surface area contributed by atoms with Gasteiger partial charge in [-0.3, -0.25) is 4.90 Å². The van der Waals surface area contributed by atoms with Gasteiger partial charge in [0.1, 0.15) is 11.6 Å². The Labute approximate surface area is 121 Å². The number of nitrogens with two attached hydrogens (primary N) is 1. The molecule has 2 unspecified atom stereocenters. The minimum Gasteiger partial charge on any atom is -0.353 e. The molecule has 0 saturated carbocycles.